The minimum Gasteiger partial charge on any atom is -0.495 e. The molecular weight excluding hydrogens is 502 g/mol. The van der Waals surface area contributed by atoms with Gasteiger partial charge in [-0.1, -0.05) is 29.5 Å². The number of sulfone groups is 1. The number of morpholine rings is 1. The summed E-state index contributed by atoms with van der Waals surface area (Å²) in [5.41, 5.74) is 0.611. The summed E-state index contributed by atoms with van der Waals surface area (Å²) < 4.78 is 42.7. The molecule has 0 saturated carbocycles. The summed E-state index contributed by atoms with van der Waals surface area (Å²) >= 11 is 1.34. The molecule has 4 rings (SSSR count). The van der Waals surface area contributed by atoms with Crippen molar-refractivity contribution in [3.05, 3.63) is 42.5 Å². The molecule has 1 aliphatic rings. The van der Waals surface area contributed by atoms with E-state index in [4.69, 9.17) is 19.2 Å². The molecule has 0 atom stereocenters. The fraction of sp³-hybridized carbons (Fsp3) is 0.440. The van der Waals surface area contributed by atoms with Crippen LogP contribution in [0.1, 0.15) is 12.8 Å². The van der Waals surface area contributed by atoms with Crippen LogP contribution in [0, 0.1) is 0 Å². The van der Waals surface area contributed by atoms with Gasteiger partial charge in [0.15, 0.2) is 15.0 Å². The number of amides is 1. The van der Waals surface area contributed by atoms with Crippen LogP contribution in [0.2, 0.25) is 0 Å². The Kier molecular flexibility index (Phi) is 8.78. The average molecular weight is 534 g/mol. The first-order valence-electron chi connectivity index (χ1n) is 11.8. The molecule has 0 spiro atoms. The summed E-state index contributed by atoms with van der Waals surface area (Å²) in [5.74, 6) is 0.670. The van der Waals surface area contributed by atoms with Crippen LogP contribution in [0.3, 0.4) is 0 Å². The van der Waals surface area contributed by atoms with Crippen molar-refractivity contribution in [2.75, 3.05) is 64.3 Å². The molecule has 2 aromatic carbocycles. The Hall–Kier alpha value is -2.73. The maximum atomic E-state index is 13.4. The minimum absolute atomic E-state index is 0.140. The molecule has 1 aliphatic heterocycles. The van der Waals surface area contributed by atoms with Gasteiger partial charge in [0.2, 0.25) is 5.91 Å². The Balaban J connectivity index is 1.56. The monoisotopic (exact) mass is 533 g/mol. The Morgan fingerprint density at radius 1 is 1.08 bits per heavy atom. The van der Waals surface area contributed by atoms with E-state index < -0.39 is 9.84 Å². The first-order valence-corrected chi connectivity index (χ1v) is 14.3. The standard InChI is InChI=1S/C25H31N3O6S2/c1-32-20-9-10-21(33-2)24-23(20)26-25(35-24)28(13-6-12-27-14-16-34-17-15-27)22(29)11-18-36(30,31)19-7-4-3-5-8-19/h3-5,7-10H,6,11-18H2,1-2H3. The number of ether oxygens (including phenoxy) is 3. The lowest BCUT2D eigenvalue weighted by molar-refractivity contribution is -0.118. The number of carbonyl (C=O) groups is 1. The van der Waals surface area contributed by atoms with Crippen LogP contribution in [0.25, 0.3) is 10.2 Å². The number of methoxy groups -OCH3 is 2. The molecule has 2 heterocycles. The van der Waals surface area contributed by atoms with Gasteiger partial charge in [-0.3, -0.25) is 14.6 Å². The van der Waals surface area contributed by atoms with Gasteiger partial charge < -0.3 is 14.2 Å². The fourth-order valence-corrected chi connectivity index (χ4v) is 6.46. The third-order valence-corrected chi connectivity index (χ3v) is 8.90. The minimum atomic E-state index is -3.58. The summed E-state index contributed by atoms with van der Waals surface area (Å²) in [4.78, 5) is 22.3. The fourth-order valence-electron chi connectivity index (χ4n) is 4.10. The topological polar surface area (TPSA) is 98.3 Å². The highest BCUT2D eigenvalue weighted by atomic mass is 32.2. The molecule has 0 bridgehead atoms. The van der Waals surface area contributed by atoms with Crippen LogP contribution in [0.4, 0.5) is 5.13 Å². The van der Waals surface area contributed by atoms with E-state index in [1.807, 2.05) is 0 Å². The number of hydrogen-bond acceptors (Lipinski definition) is 9. The molecule has 194 valence electrons. The van der Waals surface area contributed by atoms with Crippen molar-refractivity contribution in [2.45, 2.75) is 17.7 Å². The molecule has 0 unspecified atom stereocenters. The predicted molar refractivity (Wildman–Crippen MR) is 140 cm³/mol. The molecule has 36 heavy (non-hydrogen) atoms. The Labute approximate surface area is 215 Å². The molecule has 1 aromatic heterocycles. The molecule has 1 amide bonds. The Morgan fingerprint density at radius 2 is 1.78 bits per heavy atom. The van der Waals surface area contributed by atoms with E-state index in [-0.39, 0.29) is 23.0 Å². The zero-order valence-electron chi connectivity index (χ0n) is 20.5. The first-order chi connectivity index (χ1) is 17.4. The van der Waals surface area contributed by atoms with E-state index >= 15 is 0 Å². The number of rotatable bonds is 11. The maximum absolute atomic E-state index is 13.4. The average Bonchev–Trinajstić information content (AvgIpc) is 3.35. The molecule has 0 radical (unpaired) electrons. The highest BCUT2D eigenvalue weighted by Crippen LogP contribution is 2.40. The van der Waals surface area contributed by atoms with Crippen molar-refractivity contribution in [1.82, 2.24) is 9.88 Å². The second-order valence-corrected chi connectivity index (χ2v) is 11.5. The smallest absolute Gasteiger partial charge is 0.229 e. The third kappa shape index (κ3) is 6.15. The lowest BCUT2D eigenvalue weighted by Gasteiger charge is -2.27. The number of nitrogens with zero attached hydrogens (tertiary/aromatic N) is 3. The molecule has 1 saturated heterocycles. The summed E-state index contributed by atoms with van der Waals surface area (Å²) in [5, 5.41) is 0.497. The zero-order valence-corrected chi connectivity index (χ0v) is 22.1. The van der Waals surface area contributed by atoms with Gasteiger partial charge in [-0.25, -0.2) is 13.4 Å². The van der Waals surface area contributed by atoms with E-state index in [0.717, 1.165) is 30.8 Å². The highest BCUT2D eigenvalue weighted by Gasteiger charge is 2.25. The van der Waals surface area contributed by atoms with Crippen LogP contribution in [0.5, 0.6) is 11.5 Å². The van der Waals surface area contributed by atoms with E-state index in [2.05, 4.69) is 4.90 Å². The number of hydrogen-bond donors (Lipinski definition) is 0. The van der Waals surface area contributed by atoms with Gasteiger partial charge in [0.1, 0.15) is 21.7 Å². The number of fused-ring (bicyclic) bond motifs is 1. The van der Waals surface area contributed by atoms with Crippen LogP contribution >= 0.6 is 11.3 Å². The van der Waals surface area contributed by atoms with Crippen molar-refractivity contribution < 1.29 is 27.4 Å². The van der Waals surface area contributed by atoms with E-state index in [1.165, 1.54) is 11.3 Å². The summed E-state index contributed by atoms with van der Waals surface area (Å²) in [6.07, 6.45) is 0.584. The second kappa shape index (κ2) is 12.0. The Morgan fingerprint density at radius 3 is 2.47 bits per heavy atom. The van der Waals surface area contributed by atoms with Crippen LogP contribution < -0.4 is 14.4 Å². The SMILES string of the molecule is COc1ccc(OC)c2sc(N(CCCN3CCOCC3)C(=O)CCS(=O)(=O)c3ccccc3)nc12. The quantitative estimate of drug-likeness (QED) is 0.371. The van der Waals surface area contributed by atoms with E-state index in [1.54, 1.807) is 61.6 Å². The van der Waals surface area contributed by atoms with E-state index in [9.17, 15) is 13.2 Å². The highest BCUT2D eigenvalue weighted by molar-refractivity contribution is 7.91. The van der Waals surface area contributed by atoms with Crippen molar-refractivity contribution in [3.8, 4) is 11.5 Å². The van der Waals surface area contributed by atoms with Crippen molar-refractivity contribution >= 4 is 42.4 Å². The van der Waals surface area contributed by atoms with Crippen LogP contribution in [-0.2, 0) is 19.4 Å². The van der Waals surface area contributed by atoms with Gasteiger partial charge in [-0.15, -0.1) is 0 Å². The number of thiazole rings is 1. The summed E-state index contributed by atoms with van der Waals surface area (Å²) in [6.45, 7) is 4.37. The zero-order chi connectivity index (χ0) is 25.5. The molecule has 9 nitrogen and oxygen atoms in total. The van der Waals surface area contributed by atoms with Crippen molar-refractivity contribution in [2.24, 2.45) is 0 Å². The first kappa shape index (κ1) is 26.3. The second-order valence-electron chi connectivity index (χ2n) is 8.38. The van der Waals surface area contributed by atoms with Gasteiger partial charge in [0.05, 0.1) is 38.1 Å². The summed E-state index contributed by atoms with van der Waals surface area (Å²) in [6, 6.07) is 11.8. The summed E-state index contributed by atoms with van der Waals surface area (Å²) in [7, 11) is -0.428. The number of carbonyl (C=O) groups excluding carboxylic acids is 1. The molecule has 11 heteroatoms. The van der Waals surface area contributed by atoms with Gasteiger partial charge in [0.25, 0.3) is 0 Å². The molecular formula is C25H31N3O6S2. The maximum Gasteiger partial charge on any atom is 0.229 e. The molecule has 3 aromatic rings. The van der Waals surface area contributed by atoms with E-state index in [0.29, 0.717) is 41.9 Å². The van der Waals surface area contributed by atoms with Crippen molar-refractivity contribution in [1.29, 1.82) is 0 Å². The normalized spacial score (nSPS) is 14.6. The molecule has 1 fully saturated rings. The van der Waals surface area contributed by atoms with Gasteiger partial charge in [-0.2, -0.15) is 0 Å². The van der Waals surface area contributed by atoms with Gasteiger partial charge >= 0.3 is 0 Å². The third-order valence-electron chi connectivity index (χ3n) is 6.08. The lowest BCUT2D eigenvalue weighted by Crippen LogP contribution is -2.39. The number of anilines is 1. The van der Waals surface area contributed by atoms with Crippen LogP contribution in [0.15, 0.2) is 47.4 Å². The van der Waals surface area contributed by atoms with Crippen LogP contribution in [-0.4, -0.2) is 83.6 Å². The van der Waals surface area contributed by atoms with Gasteiger partial charge in [0, 0.05) is 32.6 Å². The Bertz CT molecular complexity index is 1230. The molecule has 0 aliphatic carbocycles. The van der Waals surface area contributed by atoms with Gasteiger partial charge in [-0.05, 0) is 30.7 Å². The number of benzene rings is 2. The number of aromatic nitrogens is 1. The van der Waals surface area contributed by atoms with Crippen molar-refractivity contribution in [3.63, 3.8) is 0 Å². The molecule has 0 N–H and O–H groups in total. The largest absolute Gasteiger partial charge is 0.495 e. The lowest BCUT2D eigenvalue weighted by atomic mass is 10.3. The predicted octanol–water partition coefficient (Wildman–Crippen LogP) is 3.23.